The molecular weight excluding hydrogens is 342 g/mol. The lowest BCUT2D eigenvalue weighted by Gasteiger charge is -2.24. The lowest BCUT2D eigenvalue weighted by atomic mass is 10.2. The van der Waals surface area contributed by atoms with Gasteiger partial charge in [-0.2, -0.15) is 0 Å². The molecule has 0 unspecified atom stereocenters. The molecule has 0 saturated carbocycles. The molecule has 0 aliphatic rings. The van der Waals surface area contributed by atoms with Gasteiger partial charge in [0.25, 0.3) is 0 Å². The van der Waals surface area contributed by atoms with Gasteiger partial charge in [-0.3, -0.25) is 0 Å². The molecule has 0 aliphatic carbocycles. The zero-order chi connectivity index (χ0) is 19.2. The van der Waals surface area contributed by atoms with E-state index in [1.165, 1.54) is 13.4 Å². The number of nitrogens with one attached hydrogen (secondary N) is 1. The van der Waals surface area contributed by atoms with E-state index in [1.807, 2.05) is 42.2 Å². The Hall–Kier alpha value is -3.61. The molecule has 27 heavy (non-hydrogen) atoms. The van der Waals surface area contributed by atoms with Gasteiger partial charge in [0, 0.05) is 17.9 Å². The first-order valence-electron chi connectivity index (χ1n) is 8.52. The molecular formula is C20H21N5O2. The Balaban J connectivity index is 1.87. The van der Waals surface area contributed by atoms with Crippen molar-refractivity contribution >= 4 is 34.7 Å². The summed E-state index contributed by atoms with van der Waals surface area (Å²) in [6.45, 7) is 2.74. The molecule has 3 rings (SSSR count). The highest BCUT2D eigenvalue weighted by Crippen LogP contribution is 2.32. The van der Waals surface area contributed by atoms with Crippen LogP contribution in [0.25, 0.3) is 0 Å². The molecule has 0 fully saturated rings. The van der Waals surface area contributed by atoms with E-state index in [2.05, 4.69) is 15.3 Å². The molecule has 0 aliphatic heterocycles. The molecule has 3 N–H and O–H groups in total. The van der Waals surface area contributed by atoms with E-state index < -0.39 is 0 Å². The molecule has 7 nitrogen and oxygen atoms in total. The minimum Gasteiger partial charge on any atom is -0.465 e. The summed E-state index contributed by atoms with van der Waals surface area (Å²) in [6.07, 6.45) is 1.47. The van der Waals surface area contributed by atoms with Crippen LogP contribution in [0.1, 0.15) is 17.3 Å². The van der Waals surface area contributed by atoms with Crippen LogP contribution in [0, 0.1) is 0 Å². The van der Waals surface area contributed by atoms with Crippen LogP contribution in [0.5, 0.6) is 0 Å². The predicted octanol–water partition coefficient (Wildman–Crippen LogP) is 3.75. The smallest absolute Gasteiger partial charge is 0.337 e. The van der Waals surface area contributed by atoms with Gasteiger partial charge in [0.05, 0.1) is 12.7 Å². The lowest BCUT2D eigenvalue weighted by molar-refractivity contribution is 0.0601. The van der Waals surface area contributed by atoms with Gasteiger partial charge in [-0.05, 0) is 43.3 Å². The van der Waals surface area contributed by atoms with E-state index in [4.69, 9.17) is 10.5 Å². The van der Waals surface area contributed by atoms with E-state index in [9.17, 15) is 4.79 Å². The zero-order valence-corrected chi connectivity index (χ0v) is 15.2. The molecule has 7 heteroatoms. The second-order valence-electron chi connectivity index (χ2n) is 5.73. The minimum atomic E-state index is -0.383. The number of hydrogen-bond acceptors (Lipinski definition) is 7. The van der Waals surface area contributed by atoms with Crippen molar-refractivity contribution in [1.29, 1.82) is 0 Å². The van der Waals surface area contributed by atoms with Crippen LogP contribution >= 0.6 is 0 Å². The van der Waals surface area contributed by atoms with Crippen molar-refractivity contribution < 1.29 is 9.53 Å². The van der Waals surface area contributed by atoms with Gasteiger partial charge in [-0.1, -0.05) is 18.2 Å². The zero-order valence-electron chi connectivity index (χ0n) is 15.2. The average Bonchev–Trinajstić information content (AvgIpc) is 2.72. The van der Waals surface area contributed by atoms with E-state index in [1.54, 1.807) is 24.3 Å². The summed E-state index contributed by atoms with van der Waals surface area (Å²) in [5, 5.41) is 3.17. The normalized spacial score (nSPS) is 10.3. The first-order valence-corrected chi connectivity index (χ1v) is 8.52. The van der Waals surface area contributed by atoms with Crippen LogP contribution in [0.15, 0.2) is 60.9 Å². The third-order valence-corrected chi connectivity index (χ3v) is 4.07. The third-order valence-electron chi connectivity index (χ3n) is 4.07. The topological polar surface area (TPSA) is 93.4 Å². The van der Waals surface area contributed by atoms with Crippen molar-refractivity contribution in [2.24, 2.45) is 0 Å². The summed E-state index contributed by atoms with van der Waals surface area (Å²) in [5.41, 5.74) is 9.01. The number of hydrogen-bond donors (Lipinski definition) is 2. The van der Waals surface area contributed by atoms with Gasteiger partial charge in [-0.15, -0.1) is 0 Å². The number of esters is 1. The van der Waals surface area contributed by atoms with Crippen molar-refractivity contribution in [3.8, 4) is 0 Å². The number of benzene rings is 2. The number of nitrogen functional groups attached to an aromatic ring is 1. The second kappa shape index (κ2) is 8.18. The molecule has 1 heterocycles. The average molecular weight is 363 g/mol. The minimum absolute atomic E-state index is 0.383. The molecule has 138 valence electrons. The van der Waals surface area contributed by atoms with Crippen LogP contribution in [-0.2, 0) is 4.74 Å². The van der Waals surface area contributed by atoms with Crippen LogP contribution in [-0.4, -0.2) is 29.6 Å². The number of para-hydroxylation sites is 1. The molecule has 0 amide bonds. The highest BCUT2D eigenvalue weighted by Gasteiger charge is 2.16. The molecule has 0 atom stereocenters. The van der Waals surface area contributed by atoms with Crippen LogP contribution < -0.4 is 16.0 Å². The maximum Gasteiger partial charge on any atom is 0.337 e. The third kappa shape index (κ3) is 3.98. The summed E-state index contributed by atoms with van der Waals surface area (Å²) in [5.74, 6) is 0.749. The first kappa shape index (κ1) is 18.2. The van der Waals surface area contributed by atoms with E-state index in [0.29, 0.717) is 29.4 Å². The number of nitrogens with zero attached hydrogens (tertiary/aromatic N) is 3. The second-order valence-corrected chi connectivity index (χ2v) is 5.73. The van der Waals surface area contributed by atoms with Gasteiger partial charge in [-0.25, -0.2) is 14.8 Å². The van der Waals surface area contributed by atoms with E-state index in [-0.39, 0.29) is 5.97 Å². The Labute approximate surface area is 157 Å². The maximum atomic E-state index is 11.5. The fourth-order valence-electron chi connectivity index (χ4n) is 2.71. The number of aromatic nitrogens is 2. The van der Waals surface area contributed by atoms with E-state index >= 15 is 0 Å². The highest BCUT2D eigenvalue weighted by atomic mass is 16.5. The molecule has 3 aromatic rings. The van der Waals surface area contributed by atoms with Gasteiger partial charge in [0.1, 0.15) is 12.0 Å². The molecule has 1 aromatic heterocycles. The SMILES string of the molecule is CCN(c1ccccc1)c1ncnc(Nc2ccc(C(=O)OC)cc2)c1N. The quantitative estimate of drug-likeness (QED) is 0.644. The summed E-state index contributed by atoms with van der Waals surface area (Å²) >= 11 is 0. The summed E-state index contributed by atoms with van der Waals surface area (Å²) in [7, 11) is 1.35. The van der Waals surface area contributed by atoms with Crippen LogP contribution in [0.3, 0.4) is 0 Å². The number of rotatable bonds is 6. The molecule has 2 aromatic carbocycles. The van der Waals surface area contributed by atoms with Crippen molar-refractivity contribution in [3.63, 3.8) is 0 Å². The summed E-state index contributed by atoms with van der Waals surface area (Å²) in [6, 6.07) is 16.8. The maximum absolute atomic E-state index is 11.5. The lowest BCUT2D eigenvalue weighted by Crippen LogP contribution is -2.19. The van der Waals surface area contributed by atoms with Crippen molar-refractivity contribution in [2.75, 3.05) is 29.6 Å². The molecule has 0 spiro atoms. The molecule has 0 radical (unpaired) electrons. The van der Waals surface area contributed by atoms with Gasteiger partial charge >= 0.3 is 5.97 Å². The van der Waals surface area contributed by atoms with Crippen molar-refractivity contribution in [3.05, 3.63) is 66.5 Å². The predicted molar refractivity (Wildman–Crippen MR) is 107 cm³/mol. The first-order chi connectivity index (χ1) is 13.1. The summed E-state index contributed by atoms with van der Waals surface area (Å²) < 4.78 is 4.70. The van der Waals surface area contributed by atoms with Crippen molar-refractivity contribution in [2.45, 2.75) is 6.92 Å². The Kier molecular flexibility index (Phi) is 5.51. The standard InChI is InChI=1S/C20H21N5O2/c1-3-25(16-7-5-4-6-8-16)19-17(21)18(22-13-23-19)24-15-11-9-14(10-12-15)20(26)27-2/h4-13H,3,21H2,1-2H3,(H,22,23,24). The molecule has 0 bridgehead atoms. The largest absolute Gasteiger partial charge is 0.465 e. The molecule has 0 saturated heterocycles. The Bertz CT molecular complexity index is 913. The summed E-state index contributed by atoms with van der Waals surface area (Å²) in [4.78, 5) is 22.2. The van der Waals surface area contributed by atoms with Gasteiger partial charge in [0.15, 0.2) is 11.6 Å². The number of anilines is 5. The number of methoxy groups -OCH3 is 1. The monoisotopic (exact) mass is 363 g/mol. The van der Waals surface area contributed by atoms with Crippen molar-refractivity contribution in [1.82, 2.24) is 9.97 Å². The van der Waals surface area contributed by atoms with Gasteiger partial charge in [0.2, 0.25) is 0 Å². The van der Waals surface area contributed by atoms with E-state index in [0.717, 1.165) is 11.4 Å². The number of ether oxygens (including phenoxy) is 1. The highest BCUT2D eigenvalue weighted by molar-refractivity contribution is 5.90. The Morgan fingerprint density at radius 3 is 2.44 bits per heavy atom. The van der Waals surface area contributed by atoms with Gasteiger partial charge < -0.3 is 20.7 Å². The fourth-order valence-corrected chi connectivity index (χ4v) is 2.71. The Morgan fingerprint density at radius 2 is 1.81 bits per heavy atom. The number of carbonyl (C=O) groups is 1. The Morgan fingerprint density at radius 1 is 1.11 bits per heavy atom. The van der Waals surface area contributed by atoms with Crippen LogP contribution in [0.4, 0.5) is 28.7 Å². The van der Waals surface area contributed by atoms with Crippen LogP contribution in [0.2, 0.25) is 0 Å². The number of carbonyl (C=O) groups excluding carboxylic acids is 1. The fraction of sp³-hybridized carbons (Fsp3) is 0.150. The number of nitrogens with two attached hydrogens (primary N) is 1.